The Morgan fingerprint density at radius 1 is 0.360 bits per heavy atom. The fraction of sp³-hybridized carbons (Fsp3) is 0.942. The second-order valence-electron chi connectivity index (χ2n) is 23.9. The molecular weight excluding hydrogens is 923 g/mol. The molecule has 6 nitrogen and oxygen atoms in total. The third-order valence-corrected chi connectivity index (χ3v) is 16.3. The molecule has 75 heavy (non-hydrogen) atoms. The van der Waals surface area contributed by atoms with Crippen molar-refractivity contribution < 1.29 is 24.5 Å². The molecule has 2 atom stereocenters. The molecular formula is C69H135NO5. The topological polar surface area (TPSA) is 95.9 Å². The summed E-state index contributed by atoms with van der Waals surface area (Å²) in [7, 11) is 0. The van der Waals surface area contributed by atoms with E-state index in [1.807, 2.05) is 0 Å². The van der Waals surface area contributed by atoms with Gasteiger partial charge in [-0.1, -0.05) is 341 Å². The molecule has 0 saturated heterocycles. The lowest BCUT2D eigenvalue weighted by molar-refractivity contribution is -0.143. The lowest BCUT2D eigenvalue weighted by atomic mass is 10.0. The quantitative estimate of drug-likeness (QED) is 0.0320. The monoisotopic (exact) mass is 1060 g/mol. The zero-order valence-electron chi connectivity index (χ0n) is 51.1. The first-order chi connectivity index (χ1) is 37.0. The fourth-order valence-corrected chi connectivity index (χ4v) is 11.1. The van der Waals surface area contributed by atoms with Gasteiger partial charge in [0.2, 0.25) is 5.91 Å². The van der Waals surface area contributed by atoms with Crippen LogP contribution in [0.4, 0.5) is 0 Å². The summed E-state index contributed by atoms with van der Waals surface area (Å²) in [6, 6.07) is -0.535. The summed E-state index contributed by atoms with van der Waals surface area (Å²) in [5, 5.41) is 23.2. The molecule has 446 valence electrons. The van der Waals surface area contributed by atoms with Crippen LogP contribution in [0.1, 0.15) is 393 Å². The Kier molecular flexibility index (Phi) is 63.9. The number of nitrogens with one attached hydrogen (secondary N) is 1. The van der Waals surface area contributed by atoms with E-state index in [4.69, 9.17) is 4.74 Å². The van der Waals surface area contributed by atoms with E-state index in [2.05, 4.69) is 31.3 Å². The van der Waals surface area contributed by atoms with Crippen LogP contribution >= 0.6 is 0 Å². The van der Waals surface area contributed by atoms with Crippen molar-refractivity contribution in [3.63, 3.8) is 0 Å². The zero-order valence-corrected chi connectivity index (χ0v) is 51.1. The number of rotatable bonds is 65. The van der Waals surface area contributed by atoms with Gasteiger partial charge in [-0.05, 0) is 51.4 Å². The van der Waals surface area contributed by atoms with Gasteiger partial charge in [0.15, 0.2) is 0 Å². The highest BCUT2D eigenvalue weighted by Gasteiger charge is 2.20. The minimum absolute atomic E-state index is 0.0144. The number of unbranched alkanes of at least 4 members (excludes halogenated alkanes) is 52. The molecule has 3 N–H and O–H groups in total. The number of hydrogen-bond acceptors (Lipinski definition) is 5. The average molecular weight is 1060 g/mol. The van der Waals surface area contributed by atoms with E-state index in [1.165, 1.54) is 315 Å². The predicted molar refractivity (Wildman–Crippen MR) is 329 cm³/mol. The lowest BCUT2D eigenvalue weighted by Crippen LogP contribution is -2.45. The van der Waals surface area contributed by atoms with Gasteiger partial charge in [0.05, 0.1) is 25.4 Å². The van der Waals surface area contributed by atoms with Crippen molar-refractivity contribution in [1.82, 2.24) is 5.32 Å². The lowest BCUT2D eigenvalue weighted by Gasteiger charge is -2.22. The van der Waals surface area contributed by atoms with Gasteiger partial charge in [-0.2, -0.15) is 0 Å². The number of carbonyl (C=O) groups is 2. The maximum Gasteiger partial charge on any atom is 0.305 e. The Bertz CT molecular complexity index is 1130. The predicted octanol–water partition coefficient (Wildman–Crippen LogP) is 22.0. The van der Waals surface area contributed by atoms with Crippen LogP contribution in [0.3, 0.4) is 0 Å². The van der Waals surface area contributed by atoms with Crippen molar-refractivity contribution in [2.24, 2.45) is 0 Å². The molecule has 0 rings (SSSR count). The van der Waals surface area contributed by atoms with Crippen LogP contribution in [-0.2, 0) is 14.3 Å². The molecule has 0 saturated carbocycles. The van der Waals surface area contributed by atoms with Crippen LogP contribution in [0.5, 0.6) is 0 Å². The van der Waals surface area contributed by atoms with E-state index >= 15 is 0 Å². The van der Waals surface area contributed by atoms with Crippen LogP contribution in [-0.4, -0.2) is 47.4 Å². The molecule has 0 aromatic heterocycles. The normalized spacial score (nSPS) is 12.5. The molecule has 0 aliphatic carbocycles. The second kappa shape index (κ2) is 65.1. The zero-order chi connectivity index (χ0) is 54.3. The van der Waals surface area contributed by atoms with Crippen LogP contribution in [0.2, 0.25) is 0 Å². The van der Waals surface area contributed by atoms with Gasteiger partial charge in [0.1, 0.15) is 0 Å². The second-order valence-corrected chi connectivity index (χ2v) is 23.9. The number of ether oxygens (including phenoxy) is 1. The smallest absolute Gasteiger partial charge is 0.305 e. The van der Waals surface area contributed by atoms with Gasteiger partial charge in [0, 0.05) is 12.8 Å². The molecule has 0 aromatic rings. The van der Waals surface area contributed by atoms with E-state index < -0.39 is 12.1 Å². The molecule has 2 unspecified atom stereocenters. The van der Waals surface area contributed by atoms with Crippen LogP contribution in [0.15, 0.2) is 12.2 Å². The SMILES string of the molecule is CCCCCCCC/C=C\CCCCCCCC(=O)OCCCCCCCCCCCCCCCCCCCCCCCCCCCCCCCCCCCC(=O)NC(CO)C(O)CCCCCCCCCCCC. The van der Waals surface area contributed by atoms with E-state index in [0.717, 1.165) is 44.9 Å². The molecule has 6 heteroatoms. The Hall–Kier alpha value is -1.40. The molecule has 0 bridgehead atoms. The van der Waals surface area contributed by atoms with Gasteiger partial charge in [-0.15, -0.1) is 0 Å². The first kappa shape index (κ1) is 73.6. The summed E-state index contributed by atoms with van der Waals surface area (Å²) in [6.07, 6.45) is 79.9. The molecule has 0 aliphatic heterocycles. The maximum atomic E-state index is 12.4. The molecule has 0 aromatic carbocycles. The minimum Gasteiger partial charge on any atom is -0.466 e. The highest BCUT2D eigenvalue weighted by Crippen LogP contribution is 2.19. The van der Waals surface area contributed by atoms with E-state index in [1.54, 1.807) is 0 Å². The molecule has 0 fully saturated rings. The van der Waals surface area contributed by atoms with Gasteiger partial charge in [0.25, 0.3) is 0 Å². The molecule has 0 heterocycles. The summed E-state index contributed by atoms with van der Waals surface area (Å²) >= 11 is 0. The number of hydrogen-bond donors (Lipinski definition) is 3. The van der Waals surface area contributed by atoms with Crippen molar-refractivity contribution in [1.29, 1.82) is 0 Å². The standard InChI is InChI=1S/C69H135NO5/c1-3-5-7-9-11-13-15-16-36-40-43-47-51-55-59-63-69(74)75-64-60-56-52-48-44-41-38-35-33-31-29-27-25-23-21-19-17-18-20-22-24-26-28-30-32-34-37-39-42-46-50-54-58-62-68(73)70-66(65-71)67(72)61-57-53-49-45-14-12-10-8-6-4-2/h16,36,66-67,71-72H,3-15,17-35,37-65H2,1-2H3,(H,70,73)/b36-16-. The summed E-state index contributed by atoms with van der Waals surface area (Å²) in [4.78, 5) is 24.5. The third-order valence-electron chi connectivity index (χ3n) is 16.3. The third kappa shape index (κ3) is 61.7. The van der Waals surface area contributed by atoms with Gasteiger partial charge in [-0.25, -0.2) is 0 Å². The van der Waals surface area contributed by atoms with Crippen molar-refractivity contribution in [3.05, 3.63) is 12.2 Å². The highest BCUT2D eigenvalue weighted by molar-refractivity contribution is 5.76. The molecule has 0 aliphatic rings. The van der Waals surface area contributed by atoms with E-state index in [0.29, 0.717) is 25.9 Å². The first-order valence-corrected chi connectivity index (χ1v) is 34.4. The van der Waals surface area contributed by atoms with Crippen molar-refractivity contribution >= 4 is 11.9 Å². The van der Waals surface area contributed by atoms with E-state index in [-0.39, 0.29) is 18.5 Å². The largest absolute Gasteiger partial charge is 0.466 e. The number of aliphatic hydroxyl groups is 2. The number of aliphatic hydroxyl groups excluding tert-OH is 2. The van der Waals surface area contributed by atoms with Gasteiger partial charge in [-0.3, -0.25) is 9.59 Å². The molecule has 1 amide bonds. The molecule has 0 spiro atoms. The fourth-order valence-electron chi connectivity index (χ4n) is 11.1. The summed E-state index contributed by atoms with van der Waals surface area (Å²) < 4.78 is 5.49. The Labute approximate surface area is 469 Å². The van der Waals surface area contributed by atoms with Gasteiger partial charge >= 0.3 is 5.97 Å². The Morgan fingerprint density at radius 2 is 0.627 bits per heavy atom. The summed E-state index contributed by atoms with van der Waals surface area (Å²) in [6.45, 7) is 4.96. The number of amides is 1. The van der Waals surface area contributed by atoms with Crippen LogP contribution in [0.25, 0.3) is 0 Å². The number of carbonyl (C=O) groups excluding carboxylic acids is 2. The maximum absolute atomic E-state index is 12.4. The first-order valence-electron chi connectivity index (χ1n) is 34.4. The van der Waals surface area contributed by atoms with Crippen molar-refractivity contribution in [2.45, 2.75) is 405 Å². The van der Waals surface area contributed by atoms with Crippen LogP contribution in [0, 0.1) is 0 Å². The number of esters is 1. The highest BCUT2D eigenvalue weighted by atomic mass is 16.5. The van der Waals surface area contributed by atoms with Crippen molar-refractivity contribution in [2.75, 3.05) is 13.2 Å². The Balaban J connectivity index is 3.28. The number of allylic oxidation sites excluding steroid dienone is 2. The minimum atomic E-state index is -0.658. The van der Waals surface area contributed by atoms with E-state index in [9.17, 15) is 19.8 Å². The van der Waals surface area contributed by atoms with Gasteiger partial charge < -0.3 is 20.3 Å². The summed E-state index contributed by atoms with van der Waals surface area (Å²) in [5.74, 6) is -0.0154. The van der Waals surface area contributed by atoms with Crippen molar-refractivity contribution in [3.8, 4) is 0 Å². The summed E-state index contributed by atoms with van der Waals surface area (Å²) in [5.41, 5.74) is 0. The average Bonchev–Trinajstić information content (AvgIpc) is 3.41. The van der Waals surface area contributed by atoms with Crippen LogP contribution < -0.4 is 5.32 Å². The Morgan fingerprint density at radius 3 is 0.947 bits per heavy atom. The molecule has 0 radical (unpaired) electrons.